The molecule has 0 heterocycles. The predicted octanol–water partition coefficient (Wildman–Crippen LogP) is 8.69. The Morgan fingerprint density at radius 3 is 2.58 bits per heavy atom. The maximum atomic E-state index is 12.0. The molecular weight excluding hydrogens is 404 g/mol. The van der Waals surface area contributed by atoms with Gasteiger partial charge >= 0.3 is 0 Å². The van der Waals surface area contributed by atoms with Crippen LogP contribution < -0.4 is 4.74 Å². The van der Waals surface area contributed by atoms with Crippen molar-refractivity contribution in [3.8, 4) is 16.9 Å². The molecule has 0 spiro atoms. The molecule has 0 radical (unpaired) electrons. The summed E-state index contributed by atoms with van der Waals surface area (Å²) in [5.74, 6) is 2.41. The average molecular weight is 447 g/mol. The average Bonchev–Trinajstić information content (AvgIpc) is 2.84. The number of carbonyl (C=O) groups is 1. The number of ketones is 1. The summed E-state index contributed by atoms with van der Waals surface area (Å²) in [4.78, 5) is 12.0. The van der Waals surface area contributed by atoms with Crippen LogP contribution in [-0.4, -0.2) is 12.4 Å². The van der Waals surface area contributed by atoms with Crippen molar-refractivity contribution in [1.82, 2.24) is 0 Å². The van der Waals surface area contributed by atoms with Gasteiger partial charge in [0.05, 0.1) is 0 Å². The third kappa shape index (κ3) is 5.78. The van der Waals surface area contributed by atoms with Gasteiger partial charge in [-0.15, -0.1) is 0 Å². The lowest BCUT2D eigenvalue weighted by Gasteiger charge is -2.31. The van der Waals surface area contributed by atoms with Crippen LogP contribution in [0.4, 0.5) is 0 Å². The fourth-order valence-corrected chi connectivity index (χ4v) is 5.16. The molecular formula is C31H42O2. The summed E-state index contributed by atoms with van der Waals surface area (Å²) in [6.45, 7) is 13.0. The zero-order chi connectivity index (χ0) is 24.0. The fraction of sp³-hybridized carbons (Fsp3) is 0.516. The summed E-state index contributed by atoms with van der Waals surface area (Å²) in [6, 6.07) is 11.4. The molecule has 0 aromatic heterocycles. The molecule has 1 unspecified atom stereocenters. The highest BCUT2D eigenvalue weighted by Crippen LogP contribution is 2.48. The van der Waals surface area contributed by atoms with E-state index >= 15 is 0 Å². The van der Waals surface area contributed by atoms with Gasteiger partial charge in [0.2, 0.25) is 0 Å². The van der Waals surface area contributed by atoms with Gasteiger partial charge in [-0.1, -0.05) is 76.8 Å². The van der Waals surface area contributed by atoms with Crippen molar-refractivity contribution in [2.75, 3.05) is 6.61 Å². The number of carbonyl (C=O) groups excluding carboxylic acids is 1. The number of hydrogen-bond donors (Lipinski definition) is 0. The molecule has 2 aromatic carbocycles. The molecule has 0 bridgehead atoms. The number of benzene rings is 2. The molecule has 0 fully saturated rings. The first-order valence-corrected chi connectivity index (χ1v) is 13.0. The Labute approximate surface area is 201 Å². The lowest BCUT2D eigenvalue weighted by Crippen LogP contribution is -2.16. The van der Waals surface area contributed by atoms with E-state index in [0.29, 0.717) is 12.3 Å². The molecule has 0 amide bonds. The monoisotopic (exact) mass is 446 g/mol. The number of hydrogen-bond acceptors (Lipinski definition) is 2. The quantitative estimate of drug-likeness (QED) is 0.345. The molecule has 0 N–H and O–H groups in total. The number of fused-ring (bicyclic) bond motifs is 3. The van der Waals surface area contributed by atoms with Crippen molar-refractivity contribution in [3.63, 3.8) is 0 Å². The molecule has 0 saturated heterocycles. The second kappa shape index (κ2) is 11.7. The van der Waals surface area contributed by atoms with Gasteiger partial charge in [-0.3, -0.25) is 4.79 Å². The first kappa shape index (κ1) is 25.3. The lowest BCUT2D eigenvalue weighted by molar-refractivity contribution is -0.120. The third-order valence-electron chi connectivity index (χ3n) is 7.65. The van der Waals surface area contributed by atoms with E-state index in [0.717, 1.165) is 23.7 Å². The van der Waals surface area contributed by atoms with Crippen molar-refractivity contribution in [1.29, 1.82) is 0 Å². The summed E-state index contributed by atoms with van der Waals surface area (Å²) >= 11 is 0. The zero-order valence-electron chi connectivity index (χ0n) is 21.6. The van der Waals surface area contributed by atoms with Crippen molar-refractivity contribution < 1.29 is 9.53 Å². The smallest absolute Gasteiger partial charge is 0.169 e. The van der Waals surface area contributed by atoms with Crippen molar-refractivity contribution in [2.45, 2.75) is 92.4 Å². The Morgan fingerprint density at radius 2 is 1.91 bits per heavy atom. The normalized spacial score (nSPS) is 15.4. The Bertz CT molecular complexity index is 994. The van der Waals surface area contributed by atoms with E-state index in [9.17, 15) is 4.79 Å². The first-order valence-electron chi connectivity index (χ1n) is 13.0. The number of allylic oxidation sites excluding steroid dienone is 2. The van der Waals surface area contributed by atoms with Crippen molar-refractivity contribution in [2.24, 2.45) is 5.92 Å². The minimum atomic E-state index is 0.140. The van der Waals surface area contributed by atoms with Gasteiger partial charge in [0, 0.05) is 12.0 Å². The fourth-order valence-electron chi connectivity index (χ4n) is 5.16. The molecule has 33 heavy (non-hydrogen) atoms. The van der Waals surface area contributed by atoms with Crippen LogP contribution in [0.15, 0.2) is 36.4 Å². The van der Waals surface area contributed by atoms with Crippen molar-refractivity contribution in [3.05, 3.63) is 58.7 Å². The molecule has 178 valence electrons. The third-order valence-corrected chi connectivity index (χ3v) is 7.65. The largest absolute Gasteiger partial charge is 0.485 e. The first-order chi connectivity index (χ1) is 15.9. The summed E-state index contributed by atoms with van der Waals surface area (Å²) in [7, 11) is 0. The van der Waals surface area contributed by atoms with Crippen LogP contribution in [0.5, 0.6) is 5.75 Å². The second-order valence-electron chi connectivity index (χ2n) is 9.71. The SMILES string of the molecule is C/C=C(\C)c1ccc2c(c1)-c1c(ccc(C)c1OCC(=O)CC)CC2CCCC(CC)CC. The molecule has 1 aliphatic rings. The van der Waals surface area contributed by atoms with Gasteiger partial charge in [-0.25, -0.2) is 0 Å². The Balaban J connectivity index is 2.02. The minimum absolute atomic E-state index is 0.140. The van der Waals surface area contributed by atoms with Gasteiger partial charge < -0.3 is 4.74 Å². The number of Topliss-reactive ketones (excluding diaryl/α,β-unsaturated/α-hetero) is 1. The van der Waals surface area contributed by atoms with Crippen LogP contribution >= 0.6 is 0 Å². The van der Waals surface area contributed by atoms with Crippen molar-refractivity contribution >= 4 is 11.4 Å². The topological polar surface area (TPSA) is 26.3 Å². The summed E-state index contributed by atoms with van der Waals surface area (Å²) in [5.41, 5.74) is 8.94. The Kier molecular flexibility index (Phi) is 8.95. The minimum Gasteiger partial charge on any atom is -0.485 e. The van der Waals surface area contributed by atoms with E-state index in [1.807, 2.05) is 6.92 Å². The van der Waals surface area contributed by atoms with Crippen LogP contribution in [0.2, 0.25) is 0 Å². The standard InChI is InChI=1S/C31H42O2/c1-7-21(5)24-16-17-28-25(13-11-12-23(8-2)9-3)18-26-15-14-22(6)31(30(26)29(28)19-24)33-20-27(32)10-4/h7,14-17,19,23,25H,8-13,18,20H2,1-6H3/b21-7+. The van der Waals surface area contributed by atoms with E-state index in [4.69, 9.17) is 4.74 Å². The number of rotatable bonds is 11. The number of aryl methyl sites for hydroxylation is 1. The highest BCUT2D eigenvalue weighted by atomic mass is 16.5. The Hall–Kier alpha value is -2.35. The maximum Gasteiger partial charge on any atom is 0.169 e. The molecule has 0 aliphatic heterocycles. The summed E-state index contributed by atoms with van der Waals surface area (Å²) < 4.78 is 6.18. The van der Waals surface area contributed by atoms with Crippen LogP contribution in [0.25, 0.3) is 16.7 Å². The molecule has 3 rings (SSSR count). The van der Waals surface area contributed by atoms with Gasteiger partial charge in [0.15, 0.2) is 5.78 Å². The molecule has 2 heteroatoms. The maximum absolute atomic E-state index is 12.0. The number of ether oxygens (including phenoxy) is 1. The van der Waals surface area contributed by atoms with E-state index in [1.54, 1.807) is 0 Å². The van der Waals surface area contributed by atoms with E-state index in [1.165, 1.54) is 65.5 Å². The van der Waals surface area contributed by atoms with Gasteiger partial charge in [0.1, 0.15) is 12.4 Å². The van der Waals surface area contributed by atoms with Crippen LogP contribution in [-0.2, 0) is 11.2 Å². The highest BCUT2D eigenvalue weighted by Gasteiger charge is 2.28. The second-order valence-corrected chi connectivity index (χ2v) is 9.71. The predicted molar refractivity (Wildman–Crippen MR) is 141 cm³/mol. The molecule has 1 aliphatic carbocycles. The molecule has 2 aromatic rings. The van der Waals surface area contributed by atoms with E-state index < -0.39 is 0 Å². The summed E-state index contributed by atoms with van der Waals surface area (Å²) in [5, 5.41) is 0. The summed E-state index contributed by atoms with van der Waals surface area (Å²) in [6.07, 6.45) is 10.1. The Morgan fingerprint density at radius 1 is 1.15 bits per heavy atom. The lowest BCUT2D eigenvalue weighted by atomic mass is 9.75. The molecule has 1 atom stereocenters. The highest BCUT2D eigenvalue weighted by molar-refractivity contribution is 5.84. The molecule has 0 saturated carbocycles. The van der Waals surface area contributed by atoms with Crippen LogP contribution in [0.1, 0.15) is 101 Å². The van der Waals surface area contributed by atoms with Crippen LogP contribution in [0, 0.1) is 12.8 Å². The molecule has 2 nitrogen and oxygen atoms in total. The van der Waals surface area contributed by atoms with E-state index in [-0.39, 0.29) is 12.4 Å². The van der Waals surface area contributed by atoms with Gasteiger partial charge in [0.25, 0.3) is 0 Å². The zero-order valence-corrected chi connectivity index (χ0v) is 21.6. The van der Waals surface area contributed by atoms with E-state index in [2.05, 4.69) is 71.0 Å². The van der Waals surface area contributed by atoms with Gasteiger partial charge in [-0.05, 0) is 84.9 Å². The van der Waals surface area contributed by atoms with Gasteiger partial charge in [-0.2, -0.15) is 0 Å². The van der Waals surface area contributed by atoms with Crippen LogP contribution in [0.3, 0.4) is 0 Å².